The maximum atomic E-state index is 13.1. The van der Waals surface area contributed by atoms with Crippen molar-refractivity contribution >= 4 is 21.9 Å². The van der Waals surface area contributed by atoms with Gasteiger partial charge in [-0.1, -0.05) is 27.2 Å². The number of hydrogen-bond donors (Lipinski definition) is 1. The highest BCUT2D eigenvalue weighted by atomic mass is 79.9. The van der Waals surface area contributed by atoms with Gasteiger partial charge in [-0.3, -0.25) is 0 Å². The van der Waals surface area contributed by atoms with Crippen molar-refractivity contribution in [2.45, 2.75) is 0 Å². The van der Waals surface area contributed by atoms with E-state index >= 15 is 0 Å². The minimum absolute atomic E-state index is 0.188. The molecule has 1 aromatic heterocycles. The van der Waals surface area contributed by atoms with Crippen LogP contribution in [-0.4, -0.2) is 26.1 Å². The molecule has 3 rings (SSSR count). The second-order valence-electron chi connectivity index (χ2n) is 4.49. The van der Waals surface area contributed by atoms with E-state index in [1.165, 1.54) is 28.9 Å². The van der Waals surface area contributed by atoms with Crippen molar-refractivity contribution in [1.29, 1.82) is 0 Å². The van der Waals surface area contributed by atoms with Crippen LogP contribution in [0.5, 0.6) is 0 Å². The van der Waals surface area contributed by atoms with Gasteiger partial charge >= 0.3 is 5.97 Å². The normalized spacial score (nSPS) is 10.6. The number of carboxylic acid groups (broad SMARTS) is 1. The van der Waals surface area contributed by atoms with E-state index in [9.17, 15) is 14.3 Å². The molecule has 0 radical (unpaired) electrons. The summed E-state index contributed by atoms with van der Waals surface area (Å²) in [6.45, 7) is 0. The van der Waals surface area contributed by atoms with Gasteiger partial charge in [0.1, 0.15) is 11.5 Å². The molecule has 1 heterocycles. The van der Waals surface area contributed by atoms with Gasteiger partial charge in [0.15, 0.2) is 5.69 Å². The number of carboxylic acids is 1. The van der Waals surface area contributed by atoms with Crippen LogP contribution < -0.4 is 0 Å². The summed E-state index contributed by atoms with van der Waals surface area (Å²) in [5, 5.41) is 16.9. The molecule has 2 aromatic carbocycles. The SMILES string of the molecule is O=C(O)c1nnn(-c2cccc(Br)c2)c1-c1ccc(F)cc1. The predicted molar refractivity (Wildman–Crippen MR) is 81.4 cm³/mol. The van der Waals surface area contributed by atoms with Crippen LogP contribution >= 0.6 is 15.9 Å². The summed E-state index contributed by atoms with van der Waals surface area (Å²) in [5.41, 5.74) is 1.27. The summed E-state index contributed by atoms with van der Waals surface area (Å²) in [7, 11) is 0. The summed E-state index contributed by atoms with van der Waals surface area (Å²) in [4.78, 5) is 11.4. The molecule has 0 aliphatic rings. The molecular weight excluding hydrogens is 353 g/mol. The Labute approximate surface area is 133 Å². The second kappa shape index (κ2) is 5.69. The summed E-state index contributed by atoms with van der Waals surface area (Å²) in [6, 6.07) is 12.7. The fourth-order valence-electron chi connectivity index (χ4n) is 2.08. The van der Waals surface area contributed by atoms with Crippen molar-refractivity contribution in [3.8, 4) is 16.9 Å². The molecule has 0 aliphatic heterocycles. The number of rotatable bonds is 3. The molecule has 0 saturated heterocycles. The average molecular weight is 362 g/mol. The van der Waals surface area contributed by atoms with Crippen molar-refractivity contribution in [2.24, 2.45) is 0 Å². The Balaban J connectivity index is 2.24. The number of nitrogens with zero attached hydrogens (tertiary/aromatic N) is 3. The van der Waals surface area contributed by atoms with E-state index in [-0.39, 0.29) is 5.69 Å². The average Bonchev–Trinajstić information content (AvgIpc) is 2.93. The Morgan fingerprint density at radius 3 is 2.55 bits per heavy atom. The lowest BCUT2D eigenvalue weighted by atomic mass is 10.1. The highest BCUT2D eigenvalue weighted by Gasteiger charge is 2.21. The van der Waals surface area contributed by atoms with E-state index < -0.39 is 11.8 Å². The van der Waals surface area contributed by atoms with Gasteiger partial charge in [0, 0.05) is 10.0 Å². The van der Waals surface area contributed by atoms with Crippen LogP contribution in [0, 0.1) is 5.82 Å². The molecule has 7 heteroatoms. The molecular formula is C15H9BrFN3O2. The van der Waals surface area contributed by atoms with Crippen LogP contribution in [0.15, 0.2) is 53.0 Å². The Morgan fingerprint density at radius 2 is 1.91 bits per heavy atom. The van der Waals surface area contributed by atoms with Crippen molar-refractivity contribution in [2.75, 3.05) is 0 Å². The molecule has 22 heavy (non-hydrogen) atoms. The first-order chi connectivity index (χ1) is 10.6. The third kappa shape index (κ3) is 2.62. The largest absolute Gasteiger partial charge is 0.476 e. The molecule has 0 saturated carbocycles. The van der Waals surface area contributed by atoms with E-state index in [1.807, 2.05) is 6.07 Å². The van der Waals surface area contributed by atoms with Crippen LogP contribution in [0.25, 0.3) is 16.9 Å². The number of aromatic nitrogens is 3. The Bertz CT molecular complexity index is 846. The lowest BCUT2D eigenvalue weighted by Gasteiger charge is -2.07. The van der Waals surface area contributed by atoms with Gasteiger partial charge in [-0.15, -0.1) is 5.10 Å². The maximum Gasteiger partial charge on any atom is 0.358 e. The fraction of sp³-hybridized carbons (Fsp3) is 0. The van der Waals surface area contributed by atoms with Gasteiger partial charge in [-0.05, 0) is 42.5 Å². The van der Waals surface area contributed by atoms with E-state index in [0.29, 0.717) is 16.9 Å². The minimum Gasteiger partial charge on any atom is -0.476 e. The van der Waals surface area contributed by atoms with Crippen molar-refractivity contribution in [1.82, 2.24) is 15.0 Å². The number of carbonyl (C=O) groups is 1. The topological polar surface area (TPSA) is 68.0 Å². The van der Waals surface area contributed by atoms with Gasteiger partial charge in [0.05, 0.1) is 5.69 Å². The number of aromatic carboxylic acids is 1. The zero-order valence-corrected chi connectivity index (χ0v) is 12.7. The van der Waals surface area contributed by atoms with E-state index in [2.05, 4.69) is 26.2 Å². The minimum atomic E-state index is -1.19. The third-order valence-electron chi connectivity index (χ3n) is 3.04. The molecule has 0 spiro atoms. The zero-order chi connectivity index (χ0) is 15.7. The quantitative estimate of drug-likeness (QED) is 0.774. The molecule has 0 unspecified atom stereocenters. The molecule has 0 bridgehead atoms. The van der Waals surface area contributed by atoms with Gasteiger partial charge in [-0.25, -0.2) is 13.9 Å². The molecule has 5 nitrogen and oxygen atoms in total. The van der Waals surface area contributed by atoms with Crippen LogP contribution in [-0.2, 0) is 0 Å². The van der Waals surface area contributed by atoms with Crippen molar-refractivity contribution in [3.05, 3.63) is 64.5 Å². The van der Waals surface area contributed by atoms with Crippen LogP contribution in [0.3, 0.4) is 0 Å². The highest BCUT2D eigenvalue weighted by Crippen LogP contribution is 2.26. The van der Waals surface area contributed by atoms with E-state index in [1.54, 1.807) is 18.2 Å². The molecule has 3 aromatic rings. The van der Waals surface area contributed by atoms with Crippen molar-refractivity contribution in [3.63, 3.8) is 0 Å². The third-order valence-corrected chi connectivity index (χ3v) is 3.54. The monoisotopic (exact) mass is 361 g/mol. The Kier molecular flexibility index (Phi) is 3.72. The molecule has 0 fully saturated rings. The molecule has 0 atom stereocenters. The van der Waals surface area contributed by atoms with Crippen LogP contribution in [0.4, 0.5) is 4.39 Å². The first-order valence-electron chi connectivity index (χ1n) is 6.27. The zero-order valence-electron chi connectivity index (χ0n) is 11.1. The van der Waals surface area contributed by atoms with Gasteiger partial charge in [-0.2, -0.15) is 0 Å². The van der Waals surface area contributed by atoms with Crippen LogP contribution in [0.1, 0.15) is 10.5 Å². The first-order valence-corrected chi connectivity index (χ1v) is 7.06. The van der Waals surface area contributed by atoms with E-state index in [0.717, 1.165) is 4.47 Å². The predicted octanol–water partition coefficient (Wildman–Crippen LogP) is 3.53. The van der Waals surface area contributed by atoms with Crippen LogP contribution in [0.2, 0.25) is 0 Å². The van der Waals surface area contributed by atoms with Crippen molar-refractivity contribution < 1.29 is 14.3 Å². The molecule has 110 valence electrons. The summed E-state index contributed by atoms with van der Waals surface area (Å²) in [5.74, 6) is -1.59. The fourth-order valence-corrected chi connectivity index (χ4v) is 2.47. The lowest BCUT2D eigenvalue weighted by molar-refractivity contribution is 0.0691. The summed E-state index contributed by atoms with van der Waals surface area (Å²) < 4.78 is 15.3. The standard InChI is InChI=1S/C15H9BrFN3O2/c16-10-2-1-3-12(8-10)20-14(13(15(21)22)18-19-20)9-4-6-11(17)7-5-9/h1-8H,(H,21,22). The van der Waals surface area contributed by atoms with Gasteiger partial charge in [0.2, 0.25) is 0 Å². The Hall–Kier alpha value is -2.54. The number of hydrogen-bond acceptors (Lipinski definition) is 3. The second-order valence-corrected chi connectivity index (χ2v) is 5.41. The van der Waals surface area contributed by atoms with Gasteiger partial charge < -0.3 is 5.11 Å². The number of halogens is 2. The summed E-state index contributed by atoms with van der Waals surface area (Å²) in [6.07, 6.45) is 0. The number of benzene rings is 2. The lowest BCUT2D eigenvalue weighted by Crippen LogP contribution is -2.03. The summed E-state index contributed by atoms with van der Waals surface area (Å²) >= 11 is 3.36. The highest BCUT2D eigenvalue weighted by molar-refractivity contribution is 9.10. The molecule has 0 amide bonds. The smallest absolute Gasteiger partial charge is 0.358 e. The van der Waals surface area contributed by atoms with Gasteiger partial charge in [0.25, 0.3) is 0 Å². The van der Waals surface area contributed by atoms with E-state index in [4.69, 9.17) is 0 Å². The Morgan fingerprint density at radius 1 is 1.18 bits per heavy atom. The first kappa shape index (κ1) is 14.4. The molecule has 1 N–H and O–H groups in total. The molecule has 0 aliphatic carbocycles. The maximum absolute atomic E-state index is 13.1.